The summed E-state index contributed by atoms with van der Waals surface area (Å²) < 4.78 is 5.57. The highest BCUT2D eigenvalue weighted by Crippen LogP contribution is 2.29. The maximum atomic E-state index is 12.7. The molecule has 0 amide bonds. The van der Waals surface area contributed by atoms with Gasteiger partial charge < -0.3 is 14.2 Å². The number of aryl methyl sites for hydroxylation is 1. The van der Waals surface area contributed by atoms with Crippen molar-refractivity contribution in [2.24, 2.45) is 0 Å². The van der Waals surface area contributed by atoms with Gasteiger partial charge in [0.2, 0.25) is 0 Å². The molecule has 168 valence electrons. The summed E-state index contributed by atoms with van der Waals surface area (Å²) in [5.41, 5.74) is 5.15. The van der Waals surface area contributed by atoms with E-state index in [0.717, 1.165) is 28.0 Å². The summed E-state index contributed by atoms with van der Waals surface area (Å²) in [7, 11) is 0. The molecule has 0 spiro atoms. The topological polar surface area (TPSA) is 64.5 Å². The van der Waals surface area contributed by atoms with Crippen LogP contribution in [0.15, 0.2) is 95.8 Å². The first-order chi connectivity index (χ1) is 16.6. The van der Waals surface area contributed by atoms with Gasteiger partial charge in [0.05, 0.1) is 24.9 Å². The standard InChI is InChI=1S/C28H24N4O2/c1-19-15-28(34)32-27(16-24(29-32)20-9-3-2-4-10-20)30(19)17-21(33)18-31-25-13-7-5-11-22(25)23-12-6-8-14-26(23)31/h2-16,21,33H,17-18H2,1H3. The summed E-state index contributed by atoms with van der Waals surface area (Å²) in [5, 5.41) is 18.1. The lowest BCUT2D eigenvalue weighted by Crippen LogP contribution is -2.27. The lowest BCUT2D eigenvalue weighted by Gasteiger charge is -2.18. The van der Waals surface area contributed by atoms with Gasteiger partial charge in [-0.3, -0.25) is 4.79 Å². The number of para-hydroxylation sites is 2. The van der Waals surface area contributed by atoms with Crippen LogP contribution in [-0.2, 0) is 13.1 Å². The molecule has 0 fully saturated rings. The Kier molecular flexibility index (Phi) is 4.81. The number of hydrogen-bond donors (Lipinski definition) is 1. The highest BCUT2D eigenvalue weighted by molar-refractivity contribution is 6.07. The van der Waals surface area contributed by atoms with Crippen molar-refractivity contribution in [1.82, 2.24) is 18.7 Å². The summed E-state index contributed by atoms with van der Waals surface area (Å²) >= 11 is 0. The van der Waals surface area contributed by atoms with E-state index in [2.05, 4.69) is 33.9 Å². The van der Waals surface area contributed by atoms with Gasteiger partial charge in [0.1, 0.15) is 5.65 Å². The van der Waals surface area contributed by atoms with Crippen LogP contribution in [0.5, 0.6) is 0 Å². The fourth-order valence-corrected chi connectivity index (χ4v) is 4.89. The molecule has 6 heteroatoms. The smallest absolute Gasteiger partial charge is 0.274 e. The van der Waals surface area contributed by atoms with Gasteiger partial charge in [0.25, 0.3) is 5.56 Å². The summed E-state index contributed by atoms with van der Waals surface area (Å²) in [5.74, 6) is 0. The fraction of sp³-hybridized carbons (Fsp3) is 0.143. The van der Waals surface area contributed by atoms with Crippen LogP contribution >= 0.6 is 0 Å². The molecule has 0 saturated heterocycles. The minimum absolute atomic E-state index is 0.178. The molecule has 3 aromatic heterocycles. The van der Waals surface area contributed by atoms with Crippen molar-refractivity contribution in [2.45, 2.75) is 26.1 Å². The molecule has 0 radical (unpaired) electrons. The van der Waals surface area contributed by atoms with Gasteiger partial charge >= 0.3 is 0 Å². The van der Waals surface area contributed by atoms with Crippen molar-refractivity contribution in [3.63, 3.8) is 0 Å². The minimum Gasteiger partial charge on any atom is -0.389 e. The van der Waals surface area contributed by atoms with E-state index in [1.54, 1.807) is 6.07 Å². The van der Waals surface area contributed by atoms with Gasteiger partial charge in [-0.1, -0.05) is 66.7 Å². The first-order valence-electron chi connectivity index (χ1n) is 11.4. The molecule has 0 aliphatic rings. The van der Waals surface area contributed by atoms with Gasteiger partial charge in [-0.15, -0.1) is 0 Å². The quantitative estimate of drug-likeness (QED) is 0.418. The van der Waals surface area contributed by atoms with Crippen molar-refractivity contribution in [3.8, 4) is 11.3 Å². The molecule has 3 aromatic carbocycles. The van der Waals surface area contributed by atoms with Crippen molar-refractivity contribution < 1.29 is 5.11 Å². The van der Waals surface area contributed by atoms with Crippen molar-refractivity contribution in [3.05, 3.63) is 107 Å². The predicted molar refractivity (Wildman–Crippen MR) is 135 cm³/mol. The molecular formula is C28H24N4O2. The SMILES string of the molecule is Cc1cc(=O)n2nc(-c3ccccc3)cc2n1CC(O)Cn1c2ccccc2c2ccccc21. The fourth-order valence-electron chi connectivity index (χ4n) is 4.89. The Bertz CT molecular complexity index is 1660. The Morgan fingerprint density at radius 3 is 2.06 bits per heavy atom. The Morgan fingerprint density at radius 1 is 0.794 bits per heavy atom. The Hall–Kier alpha value is -4.16. The van der Waals surface area contributed by atoms with Crippen LogP contribution in [0.4, 0.5) is 0 Å². The zero-order valence-electron chi connectivity index (χ0n) is 18.8. The number of aromatic nitrogens is 4. The molecule has 1 N–H and O–H groups in total. The van der Waals surface area contributed by atoms with E-state index >= 15 is 0 Å². The van der Waals surface area contributed by atoms with Crippen LogP contribution in [-0.4, -0.2) is 30.0 Å². The zero-order valence-corrected chi connectivity index (χ0v) is 18.8. The number of rotatable bonds is 5. The molecule has 0 bridgehead atoms. The van der Waals surface area contributed by atoms with E-state index in [1.165, 1.54) is 15.3 Å². The number of aliphatic hydroxyl groups excluding tert-OH is 1. The third-order valence-electron chi connectivity index (χ3n) is 6.47. The van der Waals surface area contributed by atoms with E-state index < -0.39 is 6.10 Å². The number of hydrogen-bond acceptors (Lipinski definition) is 3. The van der Waals surface area contributed by atoms with Gasteiger partial charge in [0, 0.05) is 45.2 Å². The second-order valence-corrected chi connectivity index (χ2v) is 8.70. The average Bonchev–Trinajstić information content (AvgIpc) is 3.44. The normalized spacial score (nSPS) is 12.6. The lowest BCUT2D eigenvalue weighted by atomic mass is 10.1. The van der Waals surface area contributed by atoms with Gasteiger partial charge in [-0.25, -0.2) is 0 Å². The van der Waals surface area contributed by atoms with Gasteiger partial charge in [-0.05, 0) is 19.1 Å². The lowest BCUT2D eigenvalue weighted by molar-refractivity contribution is 0.137. The zero-order chi connectivity index (χ0) is 23.2. The number of nitrogens with zero attached hydrogens (tertiary/aromatic N) is 4. The second-order valence-electron chi connectivity index (χ2n) is 8.70. The summed E-state index contributed by atoms with van der Waals surface area (Å²) in [4.78, 5) is 12.7. The predicted octanol–water partition coefficient (Wildman–Crippen LogP) is 4.64. The van der Waals surface area contributed by atoms with Crippen LogP contribution in [0.3, 0.4) is 0 Å². The Morgan fingerprint density at radius 2 is 1.38 bits per heavy atom. The molecule has 6 aromatic rings. The van der Waals surface area contributed by atoms with Crippen molar-refractivity contribution >= 4 is 27.5 Å². The molecule has 0 aliphatic carbocycles. The summed E-state index contributed by atoms with van der Waals surface area (Å²) in [6.45, 7) is 2.67. The molecule has 1 unspecified atom stereocenters. The molecule has 6 rings (SSSR count). The first-order valence-corrected chi connectivity index (χ1v) is 11.4. The third kappa shape index (κ3) is 3.31. The van der Waals surface area contributed by atoms with Crippen molar-refractivity contribution in [1.29, 1.82) is 0 Å². The number of benzene rings is 3. The number of aliphatic hydroxyl groups is 1. The van der Waals surface area contributed by atoms with Crippen LogP contribution in [0.1, 0.15) is 5.69 Å². The molecule has 6 nitrogen and oxygen atoms in total. The van der Waals surface area contributed by atoms with E-state index in [1.807, 2.05) is 72.2 Å². The number of fused-ring (bicyclic) bond motifs is 4. The van der Waals surface area contributed by atoms with Crippen molar-refractivity contribution in [2.75, 3.05) is 0 Å². The summed E-state index contributed by atoms with van der Waals surface area (Å²) in [6.07, 6.45) is -0.667. The Labute approximate surface area is 195 Å². The van der Waals surface area contributed by atoms with E-state index in [4.69, 9.17) is 0 Å². The van der Waals surface area contributed by atoms with Gasteiger partial charge in [-0.2, -0.15) is 9.61 Å². The molecule has 34 heavy (non-hydrogen) atoms. The average molecular weight is 449 g/mol. The maximum Gasteiger partial charge on any atom is 0.274 e. The minimum atomic E-state index is -0.667. The third-order valence-corrected chi connectivity index (χ3v) is 6.47. The largest absolute Gasteiger partial charge is 0.389 e. The van der Waals surface area contributed by atoms with Crippen LogP contribution < -0.4 is 5.56 Å². The highest BCUT2D eigenvalue weighted by atomic mass is 16.3. The van der Waals surface area contributed by atoms with Crippen LogP contribution in [0.2, 0.25) is 0 Å². The molecule has 3 heterocycles. The molecule has 0 saturated carbocycles. The highest BCUT2D eigenvalue weighted by Gasteiger charge is 2.17. The molecule has 1 atom stereocenters. The van der Waals surface area contributed by atoms with Crippen LogP contribution in [0.25, 0.3) is 38.7 Å². The second kappa shape index (κ2) is 8.01. The maximum absolute atomic E-state index is 12.7. The van der Waals surface area contributed by atoms with E-state index in [0.29, 0.717) is 18.7 Å². The molecule has 0 aliphatic heterocycles. The van der Waals surface area contributed by atoms with Crippen LogP contribution in [0, 0.1) is 6.92 Å². The summed E-state index contributed by atoms with van der Waals surface area (Å²) in [6, 6.07) is 29.8. The monoisotopic (exact) mass is 448 g/mol. The molecular weight excluding hydrogens is 424 g/mol. The van der Waals surface area contributed by atoms with Gasteiger partial charge in [0.15, 0.2) is 0 Å². The van der Waals surface area contributed by atoms with E-state index in [-0.39, 0.29) is 5.56 Å². The Balaban J connectivity index is 1.40. The first kappa shape index (κ1) is 20.4. The van der Waals surface area contributed by atoms with E-state index in [9.17, 15) is 9.90 Å².